The van der Waals surface area contributed by atoms with Gasteiger partial charge < -0.3 is 20.3 Å². The second-order valence-corrected chi connectivity index (χ2v) is 13.1. The van der Waals surface area contributed by atoms with Crippen LogP contribution in [0.25, 0.3) is 11.1 Å². The SMILES string of the molecule is CCCC(/C=C(/C)NC=O)=C(/C)CNC(=O)c1cc2c(c(-c3ccc(N4CCN(C(C)C)CC4)nc3)c1)OC(C)(C(C)C)C2. The highest BCUT2D eigenvalue weighted by Gasteiger charge is 2.39. The lowest BCUT2D eigenvalue weighted by Crippen LogP contribution is -2.49. The van der Waals surface area contributed by atoms with Crippen molar-refractivity contribution in [2.24, 2.45) is 5.92 Å². The van der Waals surface area contributed by atoms with Crippen LogP contribution in [0.2, 0.25) is 0 Å². The van der Waals surface area contributed by atoms with E-state index in [-0.39, 0.29) is 11.5 Å². The number of benzene rings is 1. The van der Waals surface area contributed by atoms with Crippen LogP contribution in [0.1, 0.15) is 84.2 Å². The Bertz CT molecular complexity index is 1390. The molecular weight excluding hydrogens is 550 g/mol. The second kappa shape index (κ2) is 14.4. The smallest absolute Gasteiger partial charge is 0.251 e. The molecule has 2 aliphatic rings. The lowest BCUT2D eigenvalue weighted by Gasteiger charge is -2.37. The first-order valence-corrected chi connectivity index (χ1v) is 16.1. The van der Waals surface area contributed by atoms with E-state index in [1.54, 1.807) is 0 Å². The van der Waals surface area contributed by atoms with Gasteiger partial charge in [-0.25, -0.2) is 4.98 Å². The molecule has 1 aromatic heterocycles. The normalized spacial score (nSPS) is 19.5. The maximum atomic E-state index is 13.6. The third-order valence-electron chi connectivity index (χ3n) is 9.21. The van der Waals surface area contributed by atoms with Gasteiger partial charge in [-0.3, -0.25) is 14.5 Å². The first kappa shape index (κ1) is 33.2. The summed E-state index contributed by atoms with van der Waals surface area (Å²) >= 11 is 0. The molecule has 0 bridgehead atoms. The number of fused-ring (bicyclic) bond motifs is 1. The van der Waals surface area contributed by atoms with Gasteiger partial charge in [-0.2, -0.15) is 0 Å². The van der Waals surface area contributed by atoms with Gasteiger partial charge in [-0.1, -0.05) is 32.8 Å². The summed E-state index contributed by atoms with van der Waals surface area (Å²) in [5.74, 6) is 2.01. The third-order valence-corrected chi connectivity index (χ3v) is 9.21. The monoisotopic (exact) mass is 601 g/mol. The molecule has 2 aliphatic heterocycles. The molecule has 3 heterocycles. The molecule has 0 saturated carbocycles. The highest BCUT2D eigenvalue weighted by atomic mass is 16.5. The third kappa shape index (κ3) is 7.70. The Morgan fingerprint density at radius 2 is 1.84 bits per heavy atom. The molecule has 4 rings (SSSR count). The fourth-order valence-electron chi connectivity index (χ4n) is 5.96. The largest absolute Gasteiger partial charge is 0.486 e. The predicted octanol–water partition coefficient (Wildman–Crippen LogP) is 6.12. The maximum absolute atomic E-state index is 13.6. The molecule has 2 aromatic rings. The number of hydrogen-bond donors (Lipinski definition) is 2. The molecule has 0 radical (unpaired) electrons. The Labute approximate surface area is 263 Å². The number of rotatable bonds is 12. The van der Waals surface area contributed by atoms with Crippen molar-refractivity contribution in [3.05, 3.63) is 64.5 Å². The van der Waals surface area contributed by atoms with Crippen molar-refractivity contribution in [2.45, 2.75) is 86.3 Å². The summed E-state index contributed by atoms with van der Waals surface area (Å²) in [4.78, 5) is 34.2. The Hall–Kier alpha value is -3.65. The van der Waals surface area contributed by atoms with E-state index in [2.05, 4.69) is 74.1 Å². The van der Waals surface area contributed by atoms with Crippen molar-refractivity contribution in [3.8, 4) is 16.9 Å². The number of nitrogens with one attached hydrogen (secondary N) is 2. The van der Waals surface area contributed by atoms with Crippen LogP contribution < -0.4 is 20.3 Å². The number of piperazine rings is 1. The number of amides is 2. The quantitative estimate of drug-likeness (QED) is 0.225. The first-order valence-electron chi connectivity index (χ1n) is 16.1. The Balaban J connectivity index is 1.60. The van der Waals surface area contributed by atoms with Crippen LogP contribution in [0.3, 0.4) is 0 Å². The Morgan fingerprint density at radius 1 is 1.11 bits per heavy atom. The summed E-state index contributed by atoms with van der Waals surface area (Å²) in [6.07, 6.45) is 7.16. The minimum atomic E-state index is -0.343. The Morgan fingerprint density at radius 3 is 2.43 bits per heavy atom. The molecule has 8 nitrogen and oxygen atoms in total. The topological polar surface area (TPSA) is 86.8 Å². The number of carbonyl (C=O) groups is 2. The molecule has 0 aliphatic carbocycles. The van der Waals surface area contributed by atoms with Crippen molar-refractivity contribution in [1.29, 1.82) is 0 Å². The van der Waals surface area contributed by atoms with E-state index >= 15 is 0 Å². The predicted molar refractivity (Wildman–Crippen MR) is 179 cm³/mol. The summed E-state index contributed by atoms with van der Waals surface area (Å²) in [6, 6.07) is 8.69. The summed E-state index contributed by atoms with van der Waals surface area (Å²) in [6.45, 7) is 21.4. The van der Waals surface area contributed by atoms with Crippen LogP contribution in [-0.4, -0.2) is 66.6 Å². The van der Waals surface area contributed by atoms with E-state index < -0.39 is 0 Å². The minimum Gasteiger partial charge on any atom is -0.486 e. The molecule has 238 valence electrons. The molecule has 44 heavy (non-hydrogen) atoms. The summed E-state index contributed by atoms with van der Waals surface area (Å²) in [5.41, 5.74) is 6.13. The molecule has 1 saturated heterocycles. The Kier molecular flexibility index (Phi) is 10.9. The van der Waals surface area contributed by atoms with E-state index in [1.165, 1.54) is 0 Å². The average molecular weight is 602 g/mol. The molecular formula is C36H51N5O3. The van der Waals surface area contributed by atoms with Gasteiger partial charge in [0, 0.05) is 73.8 Å². The lowest BCUT2D eigenvalue weighted by molar-refractivity contribution is -0.108. The van der Waals surface area contributed by atoms with Crippen LogP contribution in [0.5, 0.6) is 5.75 Å². The number of carbonyl (C=O) groups excluding carboxylic acids is 2. The molecule has 1 fully saturated rings. The van der Waals surface area contributed by atoms with Gasteiger partial charge in [0.25, 0.3) is 5.91 Å². The number of aromatic nitrogens is 1. The van der Waals surface area contributed by atoms with Crippen molar-refractivity contribution in [1.82, 2.24) is 20.5 Å². The maximum Gasteiger partial charge on any atom is 0.251 e. The van der Waals surface area contributed by atoms with Gasteiger partial charge in [0.15, 0.2) is 0 Å². The number of allylic oxidation sites excluding steroid dienone is 3. The van der Waals surface area contributed by atoms with E-state index in [9.17, 15) is 9.59 Å². The highest BCUT2D eigenvalue weighted by molar-refractivity contribution is 5.97. The van der Waals surface area contributed by atoms with Crippen molar-refractivity contribution in [3.63, 3.8) is 0 Å². The molecule has 1 atom stereocenters. The number of pyridine rings is 1. The van der Waals surface area contributed by atoms with Crippen LogP contribution >= 0.6 is 0 Å². The zero-order chi connectivity index (χ0) is 32.0. The van der Waals surface area contributed by atoms with E-state index in [4.69, 9.17) is 9.72 Å². The standard InChI is InChI=1S/C36H51N5O3/c1-9-10-28(17-27(7)39-23-42)26(6)21-38-35(43)30-18-31-20-36(8,24(2)3)44-34(31)32(19-30)29-11-12-33(37-22-29)41-15-13-40(14-16-41)25(4)5/h11-12,17-19,22-25H,9-10,13-16,20-21H2,1-8H3,(H,38,43)(H,39,42)/b27-17-,28-26+. The van der Waals surface area contributed by atoms with Crippen LogP contribution in [0, 0.1) is 5.92 Å². The van der Waals surface area contributed by atoms with E-state index in [0.717, 1.165) is 90.5 Å². The van der Waals surface area contributed by atoms with Crippen molar-refractivity contribution >= 4 is 18.1 Å². The van der Waals surface area contributed by atoms with Gasteiger partial charge in [-0.15, -0.1) is 0 Å². The fourth-order valence-corrected chi connectivity index (χ4v) is 5.96. The molecule has 8 heteroatoms. The minimum absolute atomic E-state index is 0.123. The molecule has 1 unspecified atom stereocenters. The second-order valence-electron chi connectivity index (χ2n) is 13.1. The summed E-state index contributed by atoms with van der Waals surface area (Å²) in [7, 11) is 0. The van der Waals surface area contributed by atoms with E-state index in [0.29, 0.717) is 30.5 Å². The number of nitrogens with zero attached hydrogens (tertiary/aromatic N) is 3. The highest BCUT2D eigenvalue weighted by Crippen LogP contribution is 2.45. The zero-order valence-corrected chi connectivity index (χ0v) is 27.9. The molecule has 2 amide bonds. The lowest BCUT2D eigenvalue weighted by atomic mass is 9.87. The fraction of sp³-hybridized carbons (Fsp3) is 0.528. The van der Waals surface area contributed by atoms with Gasteiger partial charge in [-0.05, 0) is 88.4 Å². The van der Waals surface area contributed by atoms with Crippen LogP contribution in [0.4, 0.5) is 5.82 Å². The average Bonchev–Trinajstić information content (AvgIpc) is 3.37. The van der Waals surface area contributed by atoms with Gasteiger partial charge >= 0.3 is 0 Å². The zero-order valence-electron chi connectivity index (χ0n) is 27.9. The first-order chi connectivity index (χ1) is 20.9. The van der Waals surface area contributed by atoms with Gasteiger partial charge in [0.2, 0.25) is 6.41 Å². The van der Waals surface area contributed by atoms with Crippen molar-refractivity contribution < 1.29 is 14.3 Å². The van der Waals surface area contributed by atoms with Crippen molar-refractivity contribution in [2.75, 3.05) is 37.6 Å². The molecule has 2 N–H and O–H groups in total. The summed E-state index contributed by atoms with van der Waals surface area (Å²) < 4.78 is 6.65. The van der Waals surface area contributed by atoms with Crippen LogP contribution in [0.15, 0.2) is 53.4 Å². The van der Waals surface area contributed by atoms with Gasteiger partial charge in [0.1, 0.15) is 17.2 Å². The van der Waals surface area contributed by atoms with Crippen LogP contribution in [-0.2, 0) is 11.2 Å². The molecule has 1 aromatic carbocycles. The van der Waals surface area contributed by atoms with Gasteiger partial charge in [0.05, 0.1) is 0 Å². The van der Waals surface area contributed by atoms with E-state index in [1.807, 2.05) is 38.3 Å². The number of ether oxygens (including phenoxy) is 1. The summed E-state index contributed by atoms with van der Waals surface area (Å²) in [5, 5.41) is 5.84. The molecule has 0 spiro atoms. The number of anilines is 1. The number of hydrogen-bond acceptors (Lipinski definition) is 6.